The molecular formula is C17H16O5. The van der Waals surface area contributed by atoms with E-state index < -0.39 is 5.97 Å². The molecule has 0 aliphatic rings. The number of aliphatic carboxylic acids is 1. The van der Waals surface area contributed by atoms with Gasteiger partial charge in [-0.3, -0.25) is 9.59 Å². The molecule has 2 aromatic rings. The number of Topliss-reactive ketones (excluding diaryl/α,β-unsaturated/α-hetero) is 1. The number of aromatic hydroxyl groups is 1. The summed E-state index contributed by atoms with van der Waals surface area (Å²) in [5.74, 6) is -1.39. The van der Waals surface area contributed by atoms with Gasteiger partial charge in [0.25, 0.3) is 0 Å². The number of rotatable bonds is 6. The van der Waals surface area contributed by atoms with Gasteiger partial charge in [-0.25, -0.2) is 0 Å². The molecule has 5 nitrogen and oxygen atoms in total. The van der Waals surface area contributed by atoms with E-state index in [2.05, 4.69) is 0 Å². The summed E-state index contributed by atoms with van der Waals surface area (Å²) in [6.45, 7) is 1.56. The lowest BCUT2D eigenvalue weighted by molar-refractivity contribution is -0.136. The first-order valence-electron chi connectivity index (χ1n) is 6.72. The number of ether oxygens (including phenoxy) is 1. The third-order valence-corrected chi connectivity index (χ3v) is 3.14. The van der Waals surface area contributed by atoms with Gasteiger partial charge in [-0.1, -0.05) is 30.3 Å². The maximum Gasteiger partial charge on any atom is 0.307 e. The molecule has 2 aromatic carbocycles. The van der Waals surface area contributed by atoms with Crippen LogP contribution in [0.3, 0.4) is 0 Å². The highest BCUT2D eigenvalue weighted by Crippen LogP contribution is 2.31. The number of phenolic OH excluding ortho intramolecular Hbond substituents is 1. The number of benzene rings is 2. The number of hydrogen-bond acceptors (Lipinski definition) is 4. The highest BCUT2D eigenvalue weighted by molar-refractivity contribution is 5.97. The largest absolute Gasteiger partial charge is 0.504 e. The van der Waals surface area contributed by atoms with Crippen molar-refractivity contribution < 1.29 is 24.5 Å². The Balaban J connectivity index is 2.27. The molecule has 0 unspecified atom stereocenters. The van der Waals surface area contributed by atoms with Gasteiger partial charge in [0.05, 0.1) is 6.42 Å². The molecule has 22 heavy (non-hydrogen) atoms. The summed E-state index contributed by atoms with van der Waals surface area (Å²) in [4.78, 5) is 22.5. The van der Waals surface area contributed by atoms with Crippen LogP contribution in [-0.2, 0) is 17.8 Å². The topological polar surface area (TPSA) is 83.8 Å². The van der Waals surface area contributed by atoms with Crippen LogP contribution in [0.1, 0.15) is 28.4 Å². The van der Waals surface area contributed by atoms with E-state index in [4.69, 9.17) is 9.84 Å². The van der Waals surface area contributed by atoms with Crippen molar-refractivity contribution in [2.24, 2.45) is 0 Å². The molecule has 0 fully saturated rings. The van der Waals surface area contributed by atoms with Crippen LogP contribution in [0, 0.1) is 0 Å². The smallest absolute Gasteiger partial charge is 0.307 e. The van der Waals surface area contributed by atoms with Crippen molar-refractivity contribution in [2.75, 3.05) is 0 Å². The van der Waals surface area contributed by atoms with Gasteiger partial charge < -0.3 is 14.9 Å². The van der Waals surface area contributed by atoms with Gasteiger partial charge in [-0.2, -0.15) is 0 Å². The second-order valence-corrected chi connectivity index (χ2v) is 4.88. The van der Waals surface area contributed by atoms with Crippen molar-refractivity contribution >= 4 is 11.8 Å². The molecule has 0 atom stereocenters. The highest BCUT2D eigenvalue weighted by atomic mass is 16.5. The summed E-state index contributed by atoms with van der Waals surface area (Å²) in [7, 11) is 0. The summed E-state index contributed by atoms with van der Waals surface area (Å²) >= 11 is 0. The number of carboxylic acid groups (broad SMARTS) is 1. The van der Waals surface area contributed by atoms with Gasteiger partial charge in [0, 0.05) is 5.56 Å². The first kappa shape index (κ1) is 15.6. The summed E-state index contributed by atoms with van der Waals surface area (Å²) in [5, 5.41) is 18.9. The normalized spacial score (nSPS) is 10.2. The molecule has 0 heterocycles. The van der Waals surface area contributed by atoms with E-state index in [9.17, 15) is 14.7 Å². The van der Waals surface area contributed by atoms with Crippen LogP contribution in [0.2, 0.25) is 0 Å². The Morgan fingerprint density at radius 2 is 1.82 bits per heavy atom. The molecule has 0 aromatic heterocycles. The van der Waals surface area contributed by atoms with Crippen LogP contribution in [0.5, 0.6) is 11.5 Å². The molecule has 0 spiro atoms. The second kappa shape index (κ2) is 6.76. The minimum Gasteiger partial charge on any atom is -0.504 e. The van der Waals surface area contributed by atoms with Crippen LogP contribution < -0.4 is 4.74 Å². The zero-order chi connectivity index (χ0) is 16.1. The lowest BCUT2D eigenvalue weighted by Crippen LogP contribution is -2.07. The number of carbonyl (C=O) groups excluding carboxylic acids is 1. The van der Waals surface area contributed by atoms with Crippen molar-refractivity contribution in [2.45, 2.75) is 20.0 Å². The van der Waals surface area contributed by atoms with Crippen molar-refractivity contribution in [3.8, 4) is 11.5 Å². The number of carbonyl (C=O) groups is 2. The lowest BCUT2D eigenvalue weighted by atomic mass is 10.0. The van der Waals surface area contributed by atoms with E-state index in [1.807, 2.05) is 30.3 Å². The van der Waals surface area contributed by atoms with E-state index in [-0.39, 0.29) is 35.9 Å². The van der Waals surface area contributed by atoms with E-state index >= 15 is 0 Å². The fourth-order valence-electron chi connectivity index (χ4n) is 2.10. The summed E-state index contributed by atoms with van der Waals surface area (Å²) in [5.41, 5.74) is 1.42. The van der Waals surface area contributed by atoms with Crippen LogP contribution in [0.25, 0.3) is 0 Å². The lowest BCUT2D eigenvalue weighted by Gasteiger charge is -2.12. The molecule has 2 rings (SSSR count). The molecular weight excluding hydrogens is 284 g/mol. The van der Waals surface area contributed by atoms with E-state index in [1.165, 1.54) is 19.1 Å². The Bertz CT molecular complexity index is 692. The molecule has 0 aliphatic carbocycles. The molecule has 0 saturated carbocycles. The number of carboxylic acids is 1. The number of phenols is 1. The first-order chi connectivity index (χ1) is 10.5. The quantitative estimate of drug-likeness (QED) is 0.801. The van der Waals surface area contributed by atoms with Crippen LogP contribution >= 0.6 is 0 Å². The zero-order valence-electron chi connectivity index (χ0n) is 12.1. The SMILES string of the molecule is CC(=O)c1cc(O)c(OCc2ccccc2)cc1CC(=O)O. The maximum atomic E-state index is 11.5. The monoisotopic (exact) mass is 300 g/mol. The molecule has 2 N–H and O–H groups in total. The molecule has 0 amide bonds. The van der Waals surface area contributed by atoms with Gasteiger partial charge in [0.2, 0.25) is 0 Å². The molecule has 0 bridgehead atoms. The van der Waals surface area contributed by atoms with Gasteiger partial charge in [-0.15, -0.1) is 0 Å². The Kier molecular flexibility index (Phi) is 4.78. The Morgan fingerprint density at radius 3 is 2.41 bits per heavy atom. The van der Waals surface area contributed by atoms with Crippen molar-refractivity contribution in [1.29, 1.82) is 0 Å². The van der Waals surface area contributed by atoms with E-state index in [0.717, 1.165) is 5.56 Å². The highest BCUT2D eigenvalue weighted by Gasteiger charge is 2.15. The molecule has 114 valence electrons. The Morgan fingerprint density at radius 1 is 1.14 bits per heavy atom. The van der Waals surface area contributed by atoms with E-state index in [0.29, 0.717) is 5.56 Å². The van der Waals surface area contributed by atoms with Crippen molar-refractivity contribution in [3.05, 3.63) is 59.2 Å². The summed E-state index contributed by atoms with van der Waals surface area (Å²) in [6.07, 6.45) is -0.309. The summed E-state index contributed by atoms with van der Waals surface area (Å²) < 4.78 is 5.53. The average molecular weight is 300 g/mol. The van der Waals surface area contributed by atoms with Crippen molar-refractivity contribution in [1.82, 2.24) is 0 Å². The minimum absolute atomic E-state index is 0.158. The van der Waals surface area contributed by atoms with Crippen molar-refractivity contribution in [3.63, 3.8) is 0 Å². The predicted octanol–water partition coefficient (Wildman–Crippen LogP) is 2.80. The third-order valence-electron chi connectivity index (χ3n) is 3.14. The molecule has 0 aliphatic heterocycles. The number of ketones is 1. The van der Waals surface area contributed by atoms with Gasteiger partial charge in [0.1, 0.15) is 6.61 Å². The fourth-order valence-corrected chi connectivity index (χ4v) is 2.10. The number of hydrogen-bond donors (Lipinski definition) is 2. The van der Waals surface area contributed by atoms with Crippen LogP contribution in [0.4, 0.5) is 0 Å². The van der Waals surface area contributed by atoms with Gasteiger partial charge in [0.15, 0.2) is 17.3 Å². The first-order valence-corrected chi connectivity index (χ1v) is 6.72. The van der Waals surface area contributed by atoms with Crippen LogP contribution in [-0.4, -0.2) is 22.0 Å². The molecule has 0 radical (unpaired) electrons. The standard InChI is InChI=1S/C17H16O5/c1-11(18)14-9-15(19)16(7-13(14)8-17(20)21)22-10-12-5-3-2-4-6-12/h2-7,9,19H,8,10H2,1H3,(H,20,21). The zero-order valence-corrected chi connectivity index (χ0v) is 12.1. The van der Waals surface area contributed by atoms with Gasteiger partial charge in [-0.05, 0) is 30.2 Å². The predicted molar refractivity (Wildman–Crippen MR) is 80.2 cm³/mol. The Hall–Kier alpha value is -2.82. The molecule has 0 saturated heterocycles. The average Bonchev–Trinajstić information content (AvgIpc) is 2.47. The summed E-state index contributed by atoms with van der Waals surface area (Å²) in [6, 6.07) is 12.0. The minimum atomic E-state index is -1.05. The fraction of sp³-hybridized carbons (Fsp3) is 0.176. The maximum absolute atomic E-state index is 11.5. The molecule has 5 heteroatoms. The second-order valence-electron chi connectivity index (χ2n) is 4.88. The Labute approximate surface area is 127 Å². The van der Waals surface area contributed by atoms with Crippen LogP contribution in [0.15, 0.2) is 42.5 Å². The van der Waals surface area contributed by atoms with Gasteiger partial charge >= 0.3 is 5.97 Å². The van der Waals surface area contributed by atoms with E-state index in [1.54, 1.807) is 0 Å². The third kappa shape index (κ3) is 3.85.